The number of hydrogen-bond acceptors (Lipinski definition) is 4. The van der Waals surface area contributed by atoms with E-state index in [-0.39, 0.29) is 12.5 Å². The molecule has 2 unspecified atom stereocenters. The van der Waals surface area contributed by atoms with Crippen LogP contribution in [0, 0.1) is 11.8 Å². The van der Waals surface area contributed by atoms with Crippen LogP contribution in [0.4, 0.5) is 0 Å². The first-order valence-electron chi connectivity index (χ1n) is 6.55. The van der Waals surface area contributed by atoms with Gasteiger partial charge in [0.2, 0.25) is 5.91 Å². The third kappa shape index (κ3) is 3.29. The van der Waals surface area contributed by atoms with Crippen molar-refractivity contribution in [2.75, 3.05) is 6.54 Å². The maximum Gasteiger partial charge on any atom is 0.241 e. The summed E-state index contributed by atoms with van der Waals surface area (Å²) in [5.41, 5.74) is 6.14. The quantitative estimate of drug-likeness (QED) is 0.787. The lowest BCUT2D eigenvalue weighted by molar-refractivity contribution is -0.122. The van der Waals surface area contributed by atoms with E-state index in [0.717, 1.165) is 12.5 Å². The minimum Gasteiger partial charge on any atom is -0.354 e. The summed E-state index contributed by atoms with van der Waals surface area (Å²) < 4.78 is 1.52. The summed E-state index contributed by atoms with van der Waals surface area (Å²) in [6.45, 7) is 3.60. The fourth-order valence-corrected chi connectivity index (χ4v) is 2.48. The van der Waals surface area contributed by atoms with Crippen LogP contribution in [-0.2, 0) is 17.9 Å². The van der Waals surface area contributed by atoms with Gasteiger partial charge in [0.15, 0.2) is 0 Å². The number of nitrogens with zero attached hydrogens (tertiary/aromatic N) is 3. The predicted molar refractivity (Wildman–Crippen MR) is 67.4 cm³/mol. The lowest BCUT2D eigenvalue weighted by Crippen LogP contribution is -2.33. The van der Waals surface area contributed by atoms with Gasteiger partial charge in [0.1, 0.15) is 6.54 Å². The largest absolute Gasteiger partial charge is 0.354 e. The standard InChI is InChI=1S/C12H21N5O/c1-9-3-2-4-10(9)6-14-12(18)8-17-7-11(5-13)15-16-17/h7,9-10H,2-6,8,13H2,1H3,(H,14,18). The number of aromatic nitrogens is 3. The molecule has 1 heterocycles. The molecule has 0 aromatic carbocycles. The number of amides is 1. The smallest absolute Gasteiger partial charge is 0.241 e. The van der Waals surface area contributed by atoms with Crippen molar-refractivity contribution in [1.29, 1.82) is 0 Å². The van der Waals surface area contributed by atoms with Gasteiger partial charge in [0.25, 0.3) is 0 Å². The van der Waals surface area contributed by atoms with Gasteiger partial charge in [0.05, 0.1) is 11.9 Å². The number of carbonyl (C=O) groups excluding carboxylic acids is 1. The first kappa shape index (κ1) is 13.0. The predicted octanol–water partition coefficient (Wildman–Crippen LogP) is 0.289. The molecule has 0 bridgehead atoms. The molecule has 1 amide bonds. The van der Waals surface area contributed by atoms with Crippen molar-refractivity contribution >= 4 is 5.91 Å². The summed E-state index contributed by atoms with van der Waals surface area (Å²) in [5, 5.41) is 10.7. The van der Waals surface area contributed by atoms with Crippen LogP contribution < -0.4 is 11.1 Å². The molecule has 0 aliphatic heterocycles. The van der Waals surface area contributed by atoms with E-state index in [2.05, 4.69) is 22.6 Å². The van der Waals surface area contributed by atoms with E-state index in [1.165, 1.54) is 23.9 Å². The third-order valence-electron chi connectivity index (χ3n) is 3.70. The number of hydrogen-bond donors (Lipinski definition) is 2. The number of carbonyl (C=O) groups is 1. The van der Waals surface area contributed by atoms with Crippen molar-refractivity contribution in [1.82, 2.24) is 20.3 Å². The van der Waals surface area contributed by atoms with Gasteiger partial charge in [-0.2, -0.15) is 0 Å². The molecule has 1 aliphatic carbocycles. The molecule has 100 valence electrons. The van der Waals surface area contributed by atoms with Gasteiger partial charge in [-0.3, -0.25) is 4.79 Å². The topological polar surface area (TPSA) is 85.8 Å². The van der Waals surface area contributed by atoms with E-state index in [1.807, 2.05) is 0 Å². The van der Waals surface area contributed by atoms with Crippen LogP contribution in [0.5, 0.6) is 0 Å². The molecule has 3 N–H and O–H groups in total. The normalized spacial score (nSPS) is 23.2. The molecule has 0 saturated heterocycles. The van der Waals surface area contributed by atoms with E-state index >= 15 is 0 Å². The highest BCUT2D eigenvalue weighted by molar-refractivity contribution is 5.75. The molecule has 6 nitrogen and oxygen atoms in total. The van der Waals surface area contributed by atoms with Crippen molar-refractivity contribution in [2.24, 2.45) is 17.6 Å². The third-order valence-corrected chi connectivity index (χ3v) is 3.70. The van der Waals surface area contributed by atoms with Crippen LogP contribution in [0.25, 0.3) is 0 Å². The summed E-state index contributed by atoms with van der Waals surface area (Å²) in [6.07, 6.45) is 5.49. The Kier molecular flexibility index (Phi) is 4.30. The average Bonchev–Trinajstić information content (AvgIpc) is 2.96. The van der Waals surface area contributed by atoms with Crippen molar-refractivity contribution in [3.63, 3.8) is 0 Å². The van der Waals surface area contributed by atoms with Gasteiger partial charge in [-0.1, -0.05) is 25.0 Å². The molecule has 1 aromatic rings. The van der Waals surface area contributed by atoms with Crippen LogP contribution >= 0.6 is 0 Å². The molecule has 2 atom stereocenters. The van der Waals surface area contributed by atoms with E-state index in [1.54, 1.807) is 6.20 Å². The SMILES string of the molecule is CC1CCCC1CNC(=O)Cn1cc(CN)nn1. The van der Waals surface area contributed by atoms with Crippen molar-refractivity contribution in [3.05, 3.63) is 11.9 Å². The molecule has 0 spiro atoms. The van der Waals surface area contributed by atoms with Gasteiger partial charge >= 0.3 is 0 Å². The minimum atomic E-state index is -0.0115. The highest BCUT2D eigenvalue weighted by atomic mass is 16.2. The minimum absolute atomic E-state index is 0.0115. The van der Waals surface area contributed by atoms with Crippen molar-refractivity contribution in [3.8, 4) is 0 Å². The van der Waals surface area contributed by atoms with E-state index in [9.17, 15) is 4.79 Å². The first-order valence-corrected chi connectivity index (χ1v) is 6.55. The van der Waals surface area contributed by atoms with Crippen molar-refractivity contribution in [2.45, 2.75) is 39.3 Å². The highest BCUT2D eigenvalue weighted by Gasteiger charge is 2.23. The second-order valence-corrected chi connectivity index (χ2v) is 5.08. The maximum absolute atomic E-state index is 11.7. The zero-order valence-electron chi connectivity index (χ0n) is 10.8. The Balaban J connectivity index is 1.74. The molecule has 1 aliphatic rings. The zero-order valence-corrected chi connectivity index (χ0v) is 10.8. The summed E-state index contributed by atoms with van der Waals surface area (Å²) in [6, 6.07) is 0. The number of nitrogens with two attached hydrogens (primary N) is 1. The Bertz CT molecular complexity index is 403. The monoisotopic (exact) mass is 251 g/mol. The maximum atomic E-state index is 11.7. The Morgan fingerprint density at radius 1 is 1.61 bits per heavy atom. The number of nitrogens with one attached hydrogen (secondary N) is 1. The van der Waals surface area contributed by atoms with Gasteiger partial charge in [0, 0.05) is 13.1 Å². The van der Waals surface area contributed by atoms with Crippen LogP contribution in [0.3, 0.4) is 0 Å². The van der Waals surface area contributed by atoms with Crippen LogP contribution in [0.1, 0.15) is 31.9 Å². The fourth-order valence-electron chi connectivity index (χ4n) is 2.48. The molecule has 0 radical (unpaired) electrons. The van der Waals surface area contributed by atoms with Crippen LogP contribution in [0.15, 0.2) is 6.20 Å². The molecule has 6 heteroatoms. The molecule has 1 aromatic heterocycles. The van der Waals surface area contributed by atoms with E-state index in [0.29, 0.717) is 18.2 Å². The Morgan fingerprint density at radius 3 is 3.06 bits per heavy atom. The molecular formula is C12H21N5O. The van der Waals surface area contributed by atoms with E-state index < -0.39 is 0 Å². The van der Waals surface area contributed by atoms with Gasteiger partial charge in [-0.15, -0.1) is 5.10 Å². The average molecular weight is 251 g/mol. The van der Waals surface area contributed by atoms with Crippen molar-refractivity contribution < 1.29 is 4.79 Å². The summed E-state index contributed by atoms with van der Waals surface area (Å²) >= 11 is 0. The molecule has 1 fully saturated rings. The lowest BCUT2D eigenvalue weighted by atomic mass is 9.98. The van der Waals surface area contributed by atoms with Gasteiger partial charge in [-0.25, -0.2) is 4.68 Å². The summed E-state index contributed by atoms with van der Waals surface area (Å²) in [5.74, 6) is 1.34. The number of rotatable bonds is 5. The Labute approximate surface area is 107 Å². The molecule has 2 rings (SSSR count). The summed E-state index contributed by atoms with van der Waals surface area (Å²) in [4.78, 5) is 11.7. The Morgan fingerprint density at radius 2 is 2.44 bits per heavy atom. The highest BCUT2D eigenvalue weighted by Crippen LogP contribution is 2.30. The second kappa shape index (κ2) is 5.95. The Hall–Kier alpha value is -1.43. The summed E-state index contributed by atoms with van der Waals surface area (Å²) in [7, 11) is 0. The molecule has 18 heavy (non-hydrogen) atoms. The van der Waals surface area contributed by atoms with Crippen LogP contribution in [-0.4, -0.2) is 27.4 Å². The molecule has 1 saturated carbocycles. The molecular weight excluding hydrogens is 230 g/mol. The van der Waals surface area contributed by atoms with Crippen LogP contribution in [0.2, 0.25) is 0 Å². The van der Waals surface area contributed by atoms with Gasteiger partial charge < -0.3 is 11.1 Å². The zero-order chi connectivity index (χ0) is 13.0. The van der Waals surface area contributed by atoms with E-state index in [4.69, 9.17) is 5.73 Å². The van der Waals surface area contributed by atoms with Gasteiger partial charge in [-0.05, 0) is 18.3 Å². The first-order chi connectivity index (χ1) is 8.69. The lowest BCUT2D eigenvalue weighted by Gasteiger charge is -2.15. The second-order valence-electron chi connectivity index (χ2n) is 5.08. The fraction of sp³-hybridized carbons (Fsp3) is 0.750.